The normalized spacial score (nSPS) is 12.2. The second-order valence-corrected chi connectivity index (χ2v) is 15.3. The van der Waals surface area contributed by atoms with Gasteiger partial charge in [-0.25, -0.2) is 0 Å². The monoisotopic (exact) mass is 723 g/mol. The van der Waals surface area contributed by atoms with E-state index in [-0.39, 0.29) is 0 Å². The molecule has 3 heteroatoms. The van der Waals surface area contributed by atoms with E-state index in [0.717, 1.165) is 5.69 Å². The highest BCUT2D eigenvalue weighted by atomic mass is 15.0. The Bertz CT molecular complexity index is 3630. The lowest BCUT2D eigenvalue weighted by molar-refractivity contribution is 1.15. The Balaban J connectivity index is 1.02. The summed E-state index contributed by atoms with van der Waals surface area (Å²) in [4.78, 5) is 0. The van der Waals surface area contributed by atoms with Crippen molar-refractivity contribution < 1.29 is 0 Å². The van der Waals surface area contributed by atoms with Crippen molar-refractivity contribution in [1.29, 1.82) is 0 Å². The zero-order valence-corrected chi connectivity index (χ0v) is 30.9. The predicted molar refractivity (Wildman–Crippen MR) is 239 cm³/mol. The first kappa shape index (κ1) is 30.7. The summed E-state index contributed by atoms with van der Waals surface area (Å²) in [6, 6.07) is 73.8. The van der Waals surface area contributed by atoms with E-state index >= 15 is 0 Å². The van der Waals surface area contributed by atoms with Crippen LogP contribution in [-0.4, -0.2) is 13.7 Å². The molecule has 9 aromatic carbocycles. The van der Waals surface area contributed by atoms with Crippen LogP contribution in [0.1, 0.15) is 0 Å². The van der Waals surface area contributed by atoms with E-state index in [0.29, 0.717) is 0 Å². The third-order valence-corrected chi connectivity index (χ3v) is 12.4. The van der Waals surface area contributed by atoms with Crippen molar-refractivity contribution >= 4 is 65.4 Å². The summed E-state index contributed by atoms with van der Waals surface area (Å²) in [6.45, 7) is 0. The first-order chi connectivity index (χ1) is 28.3. The Morgan fingerprint density at radius 2 is 0.719 bits per heavy atom. The van der Waals surface area contributed by atoms with Crippen LogP contribution in [0.2, 0.25) is 0 Å². The number of rotatable bonds is 3. The van der Waals surface area contributed by atoms with Crippen molar-refractivity contribution in [3.63, 3.8) is 0 Å². The summed E-state index contributed by atoms with van der Waals surface area (Å²) in [5.41, 5.74) is 18.3. The molecule has 13 rings (SSSR count). The number of nitrogens with zero attached hydrogens (tertiary/aromatic N) is 3. The van der Waals surface area contributed by atoms with Gasteiger partial charge in [-0.2, -0.15) is 0 Å². The van der Waals surface area contributed by atoms with Crippen molar-refractivity contribution in [2.45, 2.75) is 0 Å². The van der Waals surface area contributed by atoms with E-state index in [1.54, 1.807) is 0 Å². The van der Waals surface area contributed by atoms with Gasteiger partial charge in [0.15, 0.2) is 0 Å². The molecular formula is C54H33N3. The molecule has 264 valence electrons. The van der Waals surface area contributed by atoms with Gasteiger partial charge in [-0.05, 0) is 95.1 Å². The number of hydrogen-bond donors (Lipinski definition) is 0. The van der Waals surface area contributed by atoms with Gasteiger partial charge in [0.25, 0.3) is 0 Å². The Labute approximate surface area is 328 Å². The van der Waals surface area contributed by atoms with Gasteiger partial charge in [-0.15, -0.1) is 0 Å². The van der Waals surface area contributed by atoms with Crippen molar-refractivity contribution in [1.82, 2.24) is 13.7 Å². The molecule has 0 saturated carbocycles. The van der Waals surface area contributed by atoms with Crippen molar-refractivity contribution in [2.75, 3.05) is 0 Å². The second-order valence-electron chi connectivity index (χ2n) is 15.3. The Morgan fingerprint density at radius 3 is 1.37 bits per heavy atom. The molecule has 0 bridgehead atoms. The molecule has 0 amide bonds. The van der Waals surface area contributed by atoms with Gasteiger partial charge in [0.1, 0.15) is 0 Å². The summed E-state index contributed by atoms with van der Waals surface area (Å²) in [6.07, 6.45) is 0. The van der Waals surface area contributed by atoms with Crippen molar-refractivity contribution in [2.24, 2.45) is 0 Å². The highest BCUT2D eigenvalue weighted by molar-refractivity contribution is 6.17. The second kappa shape index (κ2) is 11.5. The molecule has 12 aromatic rings. The molecule has 3 nitrogen and oxygen atoms in total. The molecule has 0 unspecified atom stereocenters. The topological polar surface area (TPSA) is 14.8 Å². The Morgan fingerprint density at radius 1 is 0.246 bits per heavy atom. The summed E-state index contributed by atoms with van der Waals surface area (Å²) < 4.78 is 7.32. The first-order valence-electron chi connectivity index (χ1n) is 19.7. The van der Waals surface area contributed by atoms with Crippen LogP contribution in [-0.2, 0) is 0 Å². The molecule has 57 heavy (non-hydrogen) atoms. The largest absolute Gasteiger partial charge is 0.309 e. The number of aromatic nitrogens is 3. The van der Waals surface area contributed by atoms with Crippen LogP contribution in [0, 0.1) is 0 Å². The lowest BCUT2D eigenvalue weighted by Gasteiger charge is -2.16. The third-order valence-electron chi connectivity index (χ3n) is 12.4. The van der Waals surface area contributed by atoms with Gasteiger partial charge in [0, 0.05) is 54.8 Å². The fraction of sp³-hybridized carbons (Fsp3) is 0. The van der Waals surface area contributed by atoms with E-state index in [1.807, 2.05) is 0 Å². The molecule has 0 N–H and O–H groups in total. The van der Waals surface area contributed by atoms with E-state index in [4.69, 9.17) is 0 Å². The summed E-state index contributed by atoms with van der Waals surface area (Å²) >= 11 is 0. The third kappa shape index (κ3) is 4.20. The van der Waals surface area contributed by atoms with E-state index in [2.05, 4.69) is 214 Å². The van der Waals surface area contributed by atoms with Gasteiger partial charge in [0.05, 0.1) is 38.8 Å². The zero-order chi connectivity index (χ0) is 37.2. The molecule has 4 heterocycles. The van der Waals surface area contributed by atoms with Crippen LogP contribution in [0.25, 0.3) is 116 Å². The van der Waals surface area contributed by atoms with Gasteiger partial charge >= 0.3 is 0 Å². The van der Waals surface area contributed by atoms with Crippen LogP contribution < -0.4 is 0 Å². The molecule has 0 spiro atoms. The zero-order valence-electron chi connectivity index (χ0n) is 30.9. The molecule has 1 aliphatic rings. The highest BCUT2D eigenvalue weighted by Crippen LogP contribution is 2.47. The standard InChI is InChI=1S/C54H33N3/c1-2-13-36(14-3-1)55-48-22-9-7-18-41(48)45-31-34(25-28-51(45)55)35-26-29-52-46(32-35)42-19-8-10-23-49(42)56(52)37-27-30-53-47(33-37)39-16-5-4-15-38(39)43-20-12-21-44-40-17-6-11-24-50(40)57(53)54(43)44/h1-33H. The average Bonchev–Trinajstić information content (AvgIpc) is 3.89. The molecule has 3 aromatic heterocycles. The quantitative estimate of drug-likeness (QED) is 0.172. The van der Waals surface area contributed by atoms with Crippen molar-refractivity contribution in [3.8, 4) is 50.4 Å². The molecule has 0 atom stereocenters. The maximum Gasteiger partial charge on any atom is 0.0619 e. The SMILES string of the molecule is c1ccc(-n2c3ccccc3c3cc(-c4ccc5c(c4)c4ccccc4n5-c4ccc5c(c4)-c4ccccc4-c4cccc6c7ccccc7n-5c46)ccc32)cc1. The molecule has 0 aliphatic carbocycles. The maximum absolute atomic E-state index is 2.49. The van der Waals surface area contributed by atoms with Crippen LogP contribution in [0.5, 0.6) is 0 Å². The van der Waals surface area contributed by atoms with Crippen molar-refractivity contribution in [3.05, 3.63) is 200 Å². The minimum Gasteiger partial charge on any atom is -0.309 e. The summed E-state index contributed by atoms with van der Waals surface area (Å²) in [7, 11) is 0. The number of benzene rings is 9. The molecule has 1 aliphatic heterocycles. The highest BCUT2D eigenvalue weighted by Gasteiger charge is 2.25. The number of para-hydroxylation sites is 5. The summed E-state index contributed by atoms with van der Waals surface area (Å²) in [5, 5.41) is 7.58. The Hall–Kier alpha value is -7.62. The smallest absolute Gasteiger partial charge is 0.0619 e. The van der Waals surface area contributed by atoms with Crippen LogP contribution in [0.15, 0.2) is 200 Å². The first-order valence-corrected chi connectivity index (χ1v) is 19.7. The van der Waals surface area contributed by atoms with Crippen LogP contribution >= 0.6 is 0 Å². The lowest BCUT2D eigenvalue weighted by Crippen LogP contribution is -1.99. The van der Waals surface area contributed by atoms with E-state index < -0.39 is 0 Å². The minimum absolute atomic E-state index is 1.15. The van der Waals surface area contributed by atoms with Crippen LogP contribution in [0.3, 0.4) is 0 Å². The predicted octanol–water partition coefficient (Wildman–Crippen LogP) is 14.3. The molecular weight excluding hydrogens is 691 g/mol. The summed E-state index contributed by atoms with van der Waals surface area (Å²) in [5.74, 6) is 0. The Kier molecular flexibility index (Phi) is 6.16. The number of fused-ring (bicyclic) bond motifs is 14. The van der Waals surface area contributed by atoms with Crippen LogP contribution in [0.4, 0.5) is 0 Å². The molecule has 0 saturated heterocycles. The average molecular weight is 724 g/mol. The molecule has 0 fully saturated rings. The maximum atomic E-state index is 2.49. The van der Waals surface area contributed by atoms with Gasteiger partial charge < -0.3 is 13.7 Å². The molecule has 0 radical (unpaired) electrons. The van der Waals surface area contributed by atoms with Gasteiger partial charge in [-0.3, -0.25) is 0 Å². The van der Waals surface area contributed by atoms with Gasteiger partial charge in [-0.1, -0.05) is 127 Å². The van der Waals surface area contributed by atoms with E-state index in [9.17, 15) is 0 Å². The van der Waals surface area contributed by atoms with Gasteiger partial charge in [0.2, 0.25) is 0 Å². The fourth-order valence-corrected chi connectivity index (χ4v) is 9.95. The fourth-order valence-electron chi connectivity index (χ4n) is 9.95. The number of hydrogen-bond acceptors (Lipinski definition) is 0. The lowest BCUT2D eigenvalue weighted by atomic mass is 9.93. The van der Waals surface area contributed by atoms with E-state index in [1.165, 1.54) is 110 Å². The minimum atomic E-state index is 1.15.